The van der Waals surface area contributed by atoms with E-state index in [1.807, 2.05) is 13.8 Å². The van der Waals surface area contributed by atoms with Gasteiger partial charge in [-0.3, -0.25) is 24.5 Å². The normalized spacial score (nSPS) is 11.4. The standard InChI is InChI=1S/C14H17N5O5S3/c1-9(2)25-14-17-16-13(26-14)15-12(20)8-18(27(3,23)24)10-5-4-6-11(7-10)19(21)22/h4-7,9H,8H2,1-3H3,(H,15,16,20). The van der Waals surface area contributed by atoms with Crippen LogP contribution in [0.25, 0.3) is 0 Å². The lowest BCUT2D eigenvalue weighted by Gasteiger charge is -2.21. The van der Waals surface area contributed by atoms with Gasteiger partial charge in [-0.1, -0.05) is 43.0 Å². The second-order valence-corrected chi connectivity index (χ2v) is 10.3. The Morgan fingerprint density at radius 3 is 2.70 bits per heavy atom. The van der Waals surface area contributed by atoms with Crippen LogP contribution in [0.4, 0.5) is 16.5 Å². The molecule has 1 N–H and O–H groups in total. The maximum absolute atomic E-state index is 12.3. The zero-order valence-corrected chi connectivity index (χ0v) is 17.1. The summed E-state index contributed by atoms with van der Waals surface area (Å²) >= 11 is 2.67. The van der Waals surface area contributed by atoms with E-state index >= 15 is 0 Å². The lowest BCUT2D eigenvalue weighted by Crippen LogP contribution is -2.37. The summed E-state index contributed by atoms with van der Waals surface area (Å²) in [5, 5.41) is 21.7. The molecular formula is C14H17N5O5S3. The van der Waals surface area contributed by atoms with E-state index in [9.17, 15) is 23.3 Å². The second-order valence-electron chi connectivity index (χ2n) is 5.63. The SMILES string of the molecule is CC(C)Sc1nnc(NC(=O)CN(c2cccc([N+](=O)[O-])c2)S(C)(=O)=O)s1. The van der Waals surface area contributed by atoms with Crippen LogP contribution in [0.5, 0.6) is 0 Å². The highest BCUT2D eigenvalue weighted by Crippen LogP contribution is 2.28. The number of nitrogens with zero attached hydrogens (tertiary/aromatic N) is 4. The Bertz CT molecular complexity index is 944. The zero-order valence-electron chi connectivity index (χ0n) is 14.6. The summed E-state index contributed by atoms with van der Waals surface area (Å²) in [6.07, 6.45) is 0.918. The van der Waals surface area contributed by atoms with E-state index < -0.39 is 27.4 Å². The van der Waals surface area contributed by atoms with Gasteiger partial charge < -0.3 is 0 Å². The summed E-state index contributed by atoms with van der Waals surface area (Å²) in [5.74, 6) is -0.635. The molecule has 0 unspecified atom stereocenters. The van der Waals surface area contributed by atoms with Crippen molar-refractivity contribution in [2.75, 3.05) is 22.4 Å². The van der Waals surface area contributed by atoms with Gasteiger partial charge in [0.05, 0.1) is 16.9 Å². The largest absolute Gasteiger partial charge is 0.299 e. The Hall–Kier alpha value is -2.25. The summed E-state index contributed by atoms with van der Waals surface area (Å²) in [7, 11) is -3.85. The van der Waals surface area contributed by atoms with Crippen LogP contribution in [0.15, 0.2) is 28.6 Å². The Morgan fingerprint density at radius 1 is 1.41 bits per heavy atom. The molecule has 0 saturated carbocycles. The number of non-ortho nitro benzene ring substituents is 1. The van der Waals surface area contributed by atoms with Crippen LogP contribution in [-0.2, 0) is 14.8 Å². The monoisotopic (exact) mass is 431 g/mol. The first-order valence-electron chi connectivity index (χ1n) is 7.58. The van der Waals surface area contributed by atoms with Crippen molar-refractivity contribution in [3.8, 4) is 0 Å². The molecule has 1 heterocycles. The molecule has 0 spiro atoms. The molecule has 0 saturated heterocycles. The maximum Gasteiger partial charge on any atom is 0.271 e. The molecule has 0 bridgehead atoms. The van der Waals surface area contributed by atoms with E-state index in [0.717, 1.165) is 16.6 Å². The first-order chi connectivity index (χ1) is 12.6. The van der Waals surface area contributed by atoms with Crippen LogP contribution in [-0.4, -0.2) is 47.5 Å². The van der Waals surface area contributed by atoms with Gasteiger partial charge in [-0.25, -0.2) is 8.42 Å². The van der Waals surface area contributed by atoms with Crippen LogP contribution in [0, 0.1) is 10.1 Å². The minimum atomic E-state index is -3.85. The molecule has 2 aromatic rings. The van der Waals surface area contributed by atoms with Crippen molar-refractivity contribution in [3.63, 3.8) is 0 Å². The number of amides is 1. The summed E-state index contributed by atoms with van der Waals surface area (Å²) in [6.45, 7) is 3.44. The zero-order chi connectivity index (χ0) is 20.2. The number of benzene rings is 1. The van der Waals surface area contributed by atoms with Crippen LogP contribution in [0.3, 0.4) is 0 Å². The number of carbonyl (C=O) groups is 1. The summed E-state index contributed by atoms with van der Waals surface area (Å²) in [5.41, 5.74) is -0.254. The smallest absolute Gasteiger partial charge is 0.271 e. The molecule has 1 aromatic carbocycles. The van der Waals surface area contributed by atoms with Crippen molar-refractivity contribution in [2.45, 2.75) is 23.4 Å². The van der Waals surface area contributed by atoms with E-state index in [0.29, 0.717) is 9.59 Å². The third-order valence-electron chi connectivity index (χ3n) is 3.01. The van der Waals surface area contributed by atoms with E-state index in [-0.39, 0.29) is 16.5 Å². The third kappa shape index (κ3) is 6.15. The number of hydrogen-bond acceptors (Lipinski definition) is 9. The summed E-state index contributed by atoms with van der Waals surface area (Å²) in [6, 6.07) is 5.06. The minimum Gasteiger partial charge on any atom is -0.299 e. The number of nitro benzene ring substituents is 1. The van der Waals surface area contributed by atoms with Gasteiger partial charge in [0.1, 0.15) is 6.54 Å². The fourth-order valence-corrected chi connectivity index (χ4v) is 4.80. The molecule has 0 atom stereocenters. The van der Waals surface area contributed by atoms with Crippen LogP contribution < -0.4 is 9.62 Å². The number of carbonyl (C=O) groups excluding carboxylic acids is 1. The van der Waals surface area contributed by atoms with Crippen molar-refractivity contribution in [2.24, 2.45) is 0 Å². The molecule has 0 fully saturated rings. The van der Waals surface area contributed by atoms with E-state index in [4.69, 9.17) is 0 Å². The third-order valence-corrected chi connectivity index (χ3v) is 6.07. The van der Waals surface area contributed by atoms with Gasteiger partial charge >= 0.3 is 0 Å². The Morgan fingerprint density at radius 2 is 2.11 bits per heavy atom. The van der Waals surface area contributed by atoms with Gasteiger partial charge in [-0.2, -0.15) is 0 Å². The fraction of sp³-hybridized carbons (Fsp3) is 0.357. The molecule has 0 aliphatic rings. The van der Waals surface area contributed by atoms with Gasteiger partial charge in [0, 0.05) is 17.4 Å². The number of hydrogen-bond donors (Lipinski definition) is 1. The molecule has 146 valence electrons. The van der Waals surface area contributed by atoms with Crippen molar-refractivity contribution in [3.05, 3.63) is 34.4 Å². The molecule has 1 aromatic heterocycles. The van der Waals surface area contributed by atoms with Crippen LogP contribution in [0.1, 0.15) is 13.8 Å². The average molecular weight is 432 g/mol. The highest BCUT2D eigenvalue weighted by molar-refractivity contribution is 8.01. The number of rotatable bonds is 8. The first-order valence-corrected chi connectivity index (χ1v) is 11.1. The van der Waals surface area contributed by atoms with Gasteiger partial charge in [0.2, 0.25) is 21.1 Å². The molecule has 13 heteroatoms. The number of sulfonamides is 1. The van der Waals surface area contributed by atoms with Crippen molar-refractivity contribution >= 4 is 55.5 Å². The lowest BCUT2D eigenvalue weighted by atomic mass is 10.3. The molecule has 27 heavy (non-hydrogen) atoms. The average Bonchev–Trinajstić information content (AvgIpc) is 2.97. The molecular weight excluding hydrogens is 414 g/mol. The number of aromatic nitrogens is 2. The minimum absolute atomic E-state index is 0.0233. The van der Waals surface area contributed by atoms with Crippen LogP contribution >= 0.6 is 23.1 Å². The van der Waals surface area contributed by atoms with Crippen molar-refractivity contribution < 1.29 is 18.1 Å². The highest BCUT2D eigenvalue weighted by atomic mass is 32.2. The van der Waals surface area contributed by atoms with E-state index in [1.54, 1.807) is 0 Å². The van der Waals surface area contributed by atoms with E-state index in [1.165, 1.54) is 41.3 Å². The van der Waals surface area contributed by atoms with Gasteiger partial charge in [0.15, 0.2) is 4.34 Å². The maximum atomic E-state index is 12.3. The summed E-state index contributed by atoms with van der Waals surface area (Å²) < 4.78 is 25.6. The second kappa shape index (κ2) is 8.63. The van der Waals surface area contributed by atoms with Gasteiger partial charge in [-0.05, 0) is 6.07 Å². The molecule has 0 aliphatic heterocycles. The molecule has 1 amide bonds. The quantitative estimate of drug-likeness (QED) is 0.291. The van der Waals surface area contributed by atoms with Crippen molar-refractivity contribution in [1.29, 1.82) is 0 Å². The lowest BCUT2D eigenvalue weighted by molar-refractivity contribution is -0.384. The first kappa shape index (κ1) is 21.1. The molecule has 0 radical (unpaired) electrons. The Labute approximate surface area is 164 Å². The number of nitro groups is 1. The molecule has 0 aliphatic carbocycles. The number of anilines is 2. The molecule has 2 rings (SSSR count). The topological polar surface area (TPSA) is 135 Å². The van der Waals surface area contributed by atoms with Gasteiger partial charge in [-0.15, -0.1) is 10.2 Å². The van der Waals surface area contributed by atoms with Crippen LogP contribution in [0.2, 0.25) is 0 Å². The Balaban J connectivity index is 2.17. The highest BCUT2D eigenvalue weighted by Gasteiger charge is 2.23. The Kier molecular flexibility index (Phi) is 6.73. The number of thioether (sulfide) groups is 1. The van der Waals surface area contributed by atoms with Gasteiger partial charge in [0.25, 0.3) is 5.69 Å². The summed E-state index contributed by atoms with van der Waals surface area (Å²) in [4.78, 5) is 22.5. The van der Waals surface area contributed by atoms with Crippen molar-refractivity contribution in [1.82, 2.24) is 10.2 Å². The molecule has 10 nitrogen and oxygen atoms in total. The predicted octanol–water partition coefficient (Wildman–Crippen LogP) is 2.35. The number of nitrogens with one attached hydrogen (secondary N) is 1. The predicted molar refractivity (Wildman–Crippen MR) is 105 cm³/mol. The fourth-order valence-electron chi connectivity index (χ4n) is 1.96. The van der Waals surface area contributed by atoms with E-state index in [2.05, 4.69) is 15.5 Å².